The van der Waals surface area contributed by atoms with Crippen LogP contribution in [0, 0.1) is 5.41 Å². The Hall–Kier alpha value is -0.340. The van der Waals surface area contributed by atoms with Crippen LogP contribution >= 0.6 is 15.9 Å². The molecule has 1 saturated carbocycles. The smallest absolute Gasteiger partial charge is 0.0175 e. The average Bonchev–Trinajstić information content (AvgIpc) is 2.64. The van der Waals surface area contributed by atoms with Crippen molar-refractivity contribution in [2.45, 2.75) is 45.6 Å². The van der Waals surface area contributed by atoms with Gasteiger partial charge in [-0.3, -0.25) is 0 Å². The van der Waals surface area contributed by atoms with Gasteiger partial charge in [0.05, 0.1) is 0 Å². The third-order valence-electron chi connectivity index (χ3n) is 3.87. The Labute approximate surface area is 113 Å². The molecule has 2 heteroatoms. The predicted molar refractivity (Wildman–Crippen MR) is 77.3 cm³/mol. The van der Waals surface area contributed by atoms with Crippen molar-refractivity contribution >= 4 is 15.9 Å². The third kappa shape index (κ3) is 3.56. The summed E-state index contributed by atoms with van der Waals surface area (Å²) in [6.07, 6.45) is 5.21. The van der Waals surface area contributed by atoms with Gasteiger partial charge in [0, 0.05) is 10.5 Å². The first-order chi connectivity index (χ1) is 8.11. The fraction of sp³-hybridized carbons (Fsp3) is 0.600. The second-order valence-corrected chi connectivity index (χ2v) is 6.53. The van der Waals surface area contributed by atoms with E-state index >= 15 is 0 Å². The van der Waals surface area contributed by atoms with Gasteiger partial charge in [0.25, 0.3) is 0 Å². The van der Waals surface area contributed by atoms with Crippen LogP contribution in [0.15, 0.2) is 28.7 Å². The second kappa shape index (κ2) is 5.53. The first-order valence-corrected chi connectivity index (χ1v) is 7.38. The Bertz CT molecular complexity index is 360. The van der Waals surface area contributed by atoms with E-state index in [-0.39, 0.29) is 0 Å². The van der Waals surface area contributed by atoms with E-state index in [0.717, 1.165) is 12.6 Å². The lowest BCUT2D eigenvalue weighted by Gasteiger charge is -2.24. The first-order valence-electron chi connectivity index (χ1n) is 6.59. The molecule has 1 nitrogen and oxygen atoms in total. The van der Waals surface area contributed by atoms with Crippen LogP contribution in [0.4, 0.5) is 0 Å². The lowest BCUT2D eigenvalue weighted by Crippen LogP contribution is -2.28. The summed E-state index contributed by atoms with van der Waals surface area (Å²) in [6, 6.07) is 9.52. The van der Waals surface area contributed by atoms with Crippen LogP contribution in [-0.4, -0.2) is 12.6 Å². The molecule has 17 heavy (non-hydrogen) atoms. The van der Waals surface area contributed by atoms with Gasteiger partial charge in [0.2, 0.25) is 0 Å². The van der Waals surface area contributed by atoms with Gasteiger partial charge in [-0.25, -0.2) is 0 Å². The molecule has 94 valence electrons. The Morgan fingerprint density at radius 3 is 2.71 bits per heavy atom. The monoisotopic (exact) mass is 295 g/mol. The summed E-state index contributed by atoms with van der Waals surface area (Å²) < 4.78 is 1.17. The van der Waals surface area contributed by atoms with Gasteiger partial charge in [0.15, 0.2) is 0 Å². The molecular weight excluding hydrogens is 274 g/mol. The molecule has 1 aromatic rings. The second-order valence-electron chi connectivity index (χ2n) is 5.61. The number of hydrogen-bond donors (Lipinski definition) is 1. The first kappa shape index (κ1) is 13.1. The summed E-state index contributed by atoms with van der Waals surface area (Å²) in [5, 5.41) is 3.59. The van der Waals surface area contributed by atoms with Gasteiger partial charge in [-0.15, -0.1) is 0 Å². The molecule has 1 aliphatic rings. The zero-order valence-electron chi connectivity index (χ0n) is 10.8. The van der Waals surface area contributed by atoms with Crippen LogP contribution in [0.25, 0.3) is 0 Å². The summed E-state index contributed by atoms with van der Waals surface area (Å²) in [7, 11) is 0. The van der Waals surface area contributed by atoms with Gasteiger partial charge in [0.1, 0.15) is 0 Å². The van der Waals surface area contributed by atoms with Crippen molar-refractivity contribution in [2.75, 3.05) is 6.54 Å². The standard InChI is InChI=1S/C15H22BrN/c1-3-17-14-8-9-15(2,11-14)10-12-4-6-13(16)7-5-12/h4-7,14,17H,3,8-11H2,1-2H3. The maximum Gasteiger partial charge on any atom is 0.0175 e. The lowest BCUT2D eigenvalue weighted by molar-refractivity contribution is 0.322. The molecule has 1 aliphatic carbocycles. The van der Waals surface area contributed by atoms with Gasteiger partial charge < -0.3 is 5.32 Å². The average molecular weight is 296 g/mol. The Morgan fingerprint density at radius 1 is 1.35 bits per heavy atom. The fourth-order valence-electron chi connectivity index (χ4n) is 3.04. The molecule has 1 N–H and O–H groups in total. The number of rotatable bonds is 4. The Kier molecular flexibility index (Phi) is 4.26. The van der Waals surface area contributed by atoms with Crippen molar-refractivity contribution in [1.82, 2.24) is 5.32 Å². The van der Waals surface area contributed by atoms with Gasteiger partial charge in [-0.1, -0.05) is 41.9 Å². The van der Waals surface area contributed by atoms with Crippen molar-refractivity contribution in [1.29, 1.82) is 0 Å². The van der Waals surface area contributed by atoms with E-state index in [2.05, 4.69) is 59.4 Å². The van der Waals surface area contributed by atoms with Crippen LogP contribution < -0.4 is 5.32 Å². The van der Waals surface area contributed by atoms with Crippen LogP contribution in [0.5, 0.6) is 0 Å². The van der Waals surface area contributed by atoms with Crippen LogP contribution in [0.1, 0.15) is 38.7 Å². The highest BCUT2D eigenvalue weighted by Gasteiger charge is 2.34. The molecule has 2 atom stereocenters. The van der Waals surface area contributed by atoms with E-state index in [9.17, 15) is 0 Å². The molecule has 2 rings (SSSR count). The fourth-order valence-corrected chi connectivity index (χ4v) is 3.30. The van der Waals surface area contributed by atoms with Crippen molar-refractivity contribution in [2.24, 2.45) is 5.41 Å². The van der Waals surface area contributed by atoms with Crippen molar-refractivity contribution in [3.63, 3.8) is 0 Å². The molecule has 2 unspecified atom stereocenters. The van der Waals surface area contributed by atoms with E-state index in [1.807, 2.05) is 0 Å². The number of hydrogen-bond acceptors (Lipinski definition) is 1. The lowest BCUT2D eigenvalue weighted by atomic mass is 9.82. The molecule has 0 spiro atoms. The van der Waals surface area contributed by atoms with Crippen LogP contribution in [-0.2, 0) is 6.42 Å². The third-order valence-corrected chi connectivity index (χ3v) is 4.40. The molecule has 0 bridgehead atoms. The zero-order chi connectivity index (χ0) is 12.3. The van der Waals surface area contributed by atoms with Gasteiger partial charge >= 0.3 is 0 Å². The van der Waals surface area contributed by atoms with E-state index in [1.54, 1.807) is 0 Å². The van der Waals surface area contributed by atoms with Crippen molar-refractivity contribution in [3.8, 4) is 0 Å². The van der Waals surface area contributed by atoms with Gasteiger partial charge in [-0.05, 0) is 55.3 Å². The van der Waals surface area contributed by atoms with E-state index in [4.69, 9.17) is 0 Å². The maximum absolute atomic E-state index is 3.59. The van der Waals surface area contributed by atoms with Crippen LogP contribution in [0.2, 0.25) is 0 Å². The number of nitrogens with one attached hydrogen (secondary N) is 1. The molecule has 1 fully saturated rings. The quantitative estimate of drug-likeness (QED) is 0.879. The summed E-state index contributed by atoms with van der Waals surface area (Å²) >= 11 is 3.49. The molecule has 0 aliphatic heterocycles. The molecular formula is C15H22BrN. The summed E-state index contributed by atoms with van der Waals surface area (Å²) in [4.78, 5) is 0. The Morgan fingerprint density at radius 2 is 2.06 bits per heavy atom. The van der Waals surface area contributed by atoms with Crippen LogP contribution in [0.3, 0.4) is 0 Å². The minimum absolute atomic E-state index is 0.487. The van der Waals surface area contributed by atoms with Crippen molar-refractivity contribution < 1.29 is 0 Å². The summed E-state index contributed by atoms with van der Waals surface area (Å²) in [5.41, 5.74) is 1.95. The summed E-state index contributed by atoms with van der Waals surface area (Å²) in [5.74, 6) is 0. The molecule has 0 amide bonds. The SMILES string of the molecule is CCNC1CCC(C)(Cc2ccc(Br)cc2)C1. The minimum Gasteiger partial charge on any atom is -0.314 e. The molecule has 1 aromatic carbocycles. The molecule has 0 aromatic heterocycles. The minimum atomic E-state index is 0.487. The molecule has 0 saturated heterocycles. The van der Waals surface area contributed by atoms with Crippen molar-refractivity contribution in [3.05, 3.63) is 34.3 Å². The van der Waals surface area contributed by atoms with Gasteiger partial charge in [-0.2, -0.15) is 0 Å². The summed E-state index contributed by atoms with van der Waals surface area (Å²) in [6.45, 7) is 5.73. The number of benzene rings is 1. The predicted octanol–water partition coefficient (Wildman–Crippen LogP) is 4.16. The normalized spacial score (nSPS) is 28.5. The highest BCUT2D eigenvalue weighted by atomic mass is 79.9. The molecule has 0 radical (unpaired) electrons. The molecule has 0 heterocycles. The number of halogens is 1. The van der Waals surface area contributed by atoms with E-state index < -0.39 is 0 Å². The highest BCUT2D eigenvalue weighted by molar-refractivity contribution is 9.10. The zero-order valence-corrected chi connectivity index (χ0v) is 12.4. The topological polar surface area (TPSA) is 12.0 Å². The van der Waals surface area contributed by atoms with E-state index in [0.29, 0.717) is 5.41 Å². The largest absolute Gasteiger partial charge is 0.314 e. The maximum atomic E-state index is 3.59. The van der Waals surface area contributed by atoms with E-state index in [1.165, 1.54) is 35.7 Å². The highest BCUT2D eigenvalue weighted by Crippen LogP contribution is 2.40. The Balaban J connectivity index is 1.96.